The number of benzene rings is 3. The Bertz CT molecular complexity index is 1230. The van der Waals surface area contributed by atoms with Crippen LogP contribution in [-0.2, 0) is 19.4 Å². The number of nitrogens with zero attached hydrogens (tertiary/aromatic N) is 4. The molecule has 1 aromatic heterocycles. The van der Waals surface area contributed by atoms with Crippen LogP contribution in [0.5, 0.6) is 0 Å². The van der Waals surface area contributed by atoms with Gasteiger partial charge in [-0.05, 0) is 35.4 Å². The second-order valence-corrected chi connectivity index (χ2v) is 8.31. The predicted octanol–water partition coefficient (Wildman–Crippen LogP) is 5.02. The molecule has 152 valence electrons. The van der Waals surface area contributed by atoms with Gasteiger partial charge in [0.2, 0.25) is 0 Å². The molecule has 5 nitrogen and oxygen atoms in total. The van der Waals surface area contributed by atoms with Crippen molar-refractivity contribution in [2.75, 3.05) is 13.1 Å². The van der Waals surface area contributed by atoms with Gasteiger partial charge in [-0.1, -0.05) is 48.5 Å². The zero-order valence-corrected chi connectivity index (χ0v) is 17.3. The molecule has 2 aliphatic heterocycles. The predicted molar refractivity (Wildman–Crippen MR) is 126 cm³/mol. The maximum Gasteiger partial charge on any atom is 0.121 e. The van der Waals surface area contributed by atoms with Crippen molar-refractivity contribution in [1.29, 1.82) is 0 Å². The van der Waals surface area contributed by atoms with Crippen LogP contribution in [0.15, 0.2) is 82.8 Å². The number of imidazole rings is 1. The molecular weight excluding hydrogens is 382 g/mol. The van der Waals surface area contributed by atoms with Crippen molar-refractivity contribution in [2.24, 2.45) is 9.98 Å². The van der Waals surface area contributed by atoms with Crippen molar-refractivity contribution in [2.45, 2.75) is 19.4 Å². The highest BCUT2D eigenvalue weighted by molar-refractivity contribution is 5.97. The van der Waals surface area contributed by atoms with Gasteiger partial charge in [0.15, 0.2) is 0 Å². The Hall–Kier alpha value is -3.57. The molecule has 1 N–H and O–H groups in total. The number of aromatic nitrogens is 2. The lowest BCUT2D eigenvalue weighted by Crippen LogP contribution is -2.34. The number of nitrogens with one attached hydrogen (secondary N) is 1. The van der Waals surface area contributed by atoms with Crippen molar-refractivity contribution in [1.82, 2.24) is 14.9 Å². The van der Waals surface area contributed by atoms with Crippen LogP contribution in [0.25, 0.3) is 11.0 Å². The number of hydrogen-bond donors (Lipinski definition) is 1. The molecule has 0 saturated heterocycles. The summed E-state index contributed by atoms with van der Waals surface area (Å²) < 4.78 is 0. The highest BCUT2D eigenvalue weighted by atomic mass is 15.2. The van der Waals surface area contributed by atoms with Gasteiger partial charge in [-0.3, -0.25) is 14.9 Å². The lowest BCUT2D eigenvalue weighted by Gasteiger charge is -2.21. The average molecular weight is 406 g/mol. The van der Waals surface area contributed by atoms with Crippen molar-refractivity contribution < 1.29 is 0 Å². The van der Waals surface area contributed by atoms with E-state index < -0.39 is 0 Å². The van der Waals surface area contributed by atoms with Crippen LogP contribution in [0.1, 0.15) is 17.0 Å². The highest BCUT2D eigenvalue weighted by Crippen LogP contribution is 2.28. The maximum atomic E-state index is 4.89. The molecule has 0 amide bonds. The Kier molecular flexibility index (Phi) is 4.47. The van der Waals surface area contributed by atoms with Gasteiger partial charge < -0.3 is 4.98 Å². The second-order valence-electron chi connectivity index (χ2n) is 8.31. The van der Waals surface area contributed by atoms with E-state index in [1.807, 2.05) is 12.1 Å². The Labute approximate surface area is 181 Å². The summed E-state index contributed by atoms with van der Waals surface area (Å²) in [6.07, 6.45) is 1.83. The topological polar surface area (TPSA) is 56.6 Å². The molecule has 0 aliphatic carbocycles. The second kappa shape index (κ2) is 7.60. The quantitative estimate of drug-likeness (QED) is 0.490. The smallest absolute Gasteiger partial charge is 0.121 e. The van der Waals surface area contributed by atoms with E-state index >= 15 is 0 Å². The van der Waals surface area contributed by atoms with Crippen LogP contribution < -0.4 is 0 Å². The van der Waals surface area contributed by atoms with Crippen molar-refractivity contribution in [3.63, 3.8) is 0 Å². The fourth-order valence-electron chi connectivity index (χ4n) is 4.56. The number of fused-ring (bicyclic) bond motifs is 3. The molecule has 0 saturated carbocycles. The van der Waals surface area contributed by atoms with Crippen LogP contribution in [0, 0.1) is 0 Å². The molecule has 0 fully saturated rings. The van der Waals surface area contributed by atoms with Gasteiger partial charge in [-0.15, -0.1) is 0 Å². The van der Waals surface area contributed by atoms with Crippen LogP contribution in [0.3, 0.4) is 0 Å². The summed E-state index contributed by atoms with van der Waals surface area (Å²) in [7, 11) is 0. The van der Waals surface area contributed by atoms with Gasteiger partial charge in [0.1, 0.15) is 5.82 Å². The number of H-pyrrole nitrogens is 1. The van der Waals surface area contributed by atoms with E-state index in [4.69, 9.17) is 15.0 Å². The lowest BCUT2D eigenvalue weighted by atomic mass is 10.1. The van der Waals surface area contributed by atoms with E-state index in [9.17, 15) is 0 Å². The molecule has 3 heterocycles. The minimum atomic E-state index is 0.736. The zero-order valence-electron chi connectivity index (χ0n) is 17.3. The van der Waals surface area contributed by atoms with E-state index in [0.29, 0.717) is 0 Å². The number of rotatable bonds is 6. The first-order valence-corrected chi connectivity index (χ1v) is 10.7. The third-order valence-electron chi connectivity index (χ3n) is 5.95. The normalized spacial score (nSPS) is 14.6. The van der Waals surface area contributed by atoms with Gasteiger partial charge in [0.25, 0.3) is 0 Å². The molecular formula is C26H23N5. The van der Waals surface area contributed by atoms with Crippen molar-refractivity contribution in [3.8, 4) is 0 Å². The van der Waals surface area contributed by atoms with Gasteiger partial charge in [0, 0.05) is 37.4 Å². The fourth-order valence-corrected chi connectivity index (χ4v) is 4.56. The van der Waals surface area contributed by atoms with Gasteiger partial charge in [0.05, 0.1) is 29.0 Å². The van der Waals surface area contributed by atoms with Gasteiger partial charge >= 0.3 is 0 Å². The summed E-state index contributed by atoms with van der Waals surface area (Å²) in [4.78, 5) is 20.5. The third kappa shape index (κ3) is 3.68. The summed E-state index contributed by atoms with van der Waals surface area (Å²) in [6.45, 7) is 2.35. The van der Waals surface area contributed by atoms with Crippen LogP contribution in [-0.4, -0.2) is 39.4 Å². The van der Waals surface area contributed by atoms with E-state index in [1.165, 1.54) is 22.6 Å². The SMILES string of the molecule is c1ccc2c(c1)CC(CN(CC1=Nc3ccccc3C1)Cc1nc3ccccc3[nH]1)=N2. The van der Waals surface area contributed by atoms with E-state index in [0.717, 1.165) is 60.7 Å². The minimum Gasteiger partial charge on any atom is -0.341 e. The zero-order chi connectivity index (χ0) is 20.6. The Morgan fingerprint density at radius 2 is 1.26 bits per heavy atom. The lowest BCUT2D eigenvalue weighted by molar-refractivity contribution is 0.337. The van der Waals surface area contributed by atoms with E-state index in [1.54, 1.807) is 0 Å². The number of aliphatic imine (C=N–C) groups is 2. The fraction of sp³-hybridized carbons (Fsp3) is 0.192. The van der Waals surface area contributed by atoms with Crippen molar-refractivity contribution in [3.05, 3.63) is 89.7 Å². The van der Waals surface area contributed by atoms with E-state index in [-0.39, 0.29) is 0 Å². The number of para-hydroxylation sites is 4. The van der Waals surface area contributed by atoms with Crippen molar-refractivity contribution >= 4 is 33.8 Å². The summed E-state index contributed by atoms with van der Waals surface area (Å²) in [5.74, 6) is 0.980. The summed E-state index contributed by atoms with van der Waals surface area (Å²) in [5.41, 5.74) is 9.32. The standard InChI is InChI=1S/C26H23N5/c1-3-9-22-18(7-1)13-20(27-22)15-31(16-21-14-19-8-2-4-10-23(19)28-21)17-26-29-24-11-5-6-12-25(24)30-26/h1-12H,13-17H2,(H,29,30). The summed E-state index contributed by atoms with van der Waals surface area (Å²) in [6, 6.07) is 25.0. The Morgan fingerprint density at radius 3 is 1.87 bits per heavy atom. The molecule has 0 bridgehead atoms. The first-order valence-electron chi connectivity index (χ1n) is 10.7. The first-order chi connectivity index (χ1) is 15.3. The summed E-state index contributed by atoms with van der Waals surface area (Å²) in [5, 5.41) is 0. The first kappa shape index (κ1) is 18.2. The van der Waals surface area contributed by atoms with Crippen LogP contribution in [0.4, 0.5) is 11.4 Å². The molecule has 5 heteroatoms. The van der Waals surface area contributed by atoms with Gasteiger partial charge in [-0.2, -0.15) is 0 Å². The van der Waals surface area contributed by atoms with Gasteiger partial charge in [-0.25, -0.2) is 4.98 Å². The molecule has 6 rings (SSSR count). The number of hydrogen-bond acceptors (Lipinski definition) is 4. The molecule has 0 unspecified atom stereocenters. The molecule has 0 atom stereocenters. The van der Waals surface area contributed by atoms with Crippen LogP contribution >= 0.6 is 0 Å². The molecule has 3 aromatic carbocycles. The average Bonchev–Trinajstić information content (AvgIpc) is 3.48. The molecule has 4 aromatic rings. The Balaban J connectivity index is 1.25. The molecule has 0 radical (unpaired) electrons. The summed E-state index contributed by atoms with van der Waals surface area (Å²) >= 11 is 0. The Morgan fingerprint density at radius 1 is 0.677 bits per heavy atom. The van der Waals surface area contributed by atoms with E-state index in [2.05, 4.69) is 70.5 Å². The number of aromatic amines is 1. The monoisotopic (exact) mass is 405 g/mol. The molecule has 2 aliphatic rings. The van der Waals surface area contributed by atoms with Crippen LogP contribution in [0.2, 0.25) is 0 Å². The molecule has 31 heavy (non-hydrogen) atoms. The molecule has 0 spiro atoms. The maximum absolute atomic E-state index is 4.89. The largest absolute Gasteiger partial charge is 0.341 e. The highest BCUT2D eigenvalue weighted by Gasteiger charge is 2.21. The minimum absolute atomic E-state index is 0.736. The third-order valence-corrected chi connectivity index (χ3v) is 5.95.